The van der Waals surface area contributed by atoms with E-state index in [0.717, 1.165) is 30.3 Å². The summed E-state index contributed by atoms with van der Waals surface area (Å²) in [7, 11) is 0. The number of nitrogens with zero attached hydrogens (tertiary/aromatic N) is 5. The predicted octanol–water partition coefficient (Wildman–Crippen LogP) is 3.21. The van der Waals surface area contributed by atoms with Gasteiger partial charge in [0.2, 0.25) is 11.9 Å². The summed E-state index contributed by atoms with van der Waals surface area (Å²) in [4.78, 5) is 14.7. The van der Waals surface area contributed by atoms with E-state index in [-0.39, 0.29) is 11.7 Å². The van der Waals surface area contributed by atoms with E-state index in [2.05, 4.69) is 38.6 Å². The van der Waals surface area contributed by atoms with E-state index < -0.39 is 0 Å². The molecule has 0 radical (unpaired) electrons. The van der Waals surface area contributed by atoms with E-state index in [0.29, 0.717) is 30.5 Å². The van der Waals surface area contributed by atoms with Crippen LogP contribution in [0.1, 0.15) is 11.1 Å². The molecule has 32 heavy (non-hydrogen) atoms. The molecule has 0 spiro atoms. The Hall–Kier alpha value is -3.35. The topological polar surface area (TPSA) is 96.1 Å². The Balaban J connectivity index is 1.49. The van der Waals surface area contributed by atoms with Gasteiger partial charge in [-0.15, -0.1) is 10.2 Å². The molecule has 9 heteroatoms. The quantitative estimate of drug-likeness (QED) is 0.555. The van der Waals surface area contributed by atoms with E-state index >= 15 is 0 Å². The molecule has 0 saturated carbocycles. The summed E-state index contributed by atoms with van der Waals surface area (Å²) >= 11 is 1.35. The number of anilines is 2. The smallest absolute Gasteiger partial charge is 0.234 e. The van der Waals surface area contributed by atoms with Gasteiger partial charge in [0, 0.05) is 18.8 Å². The minimum atomic E-state index is -0.130. The largest absolute Gasteiger partial charge is 0.378 e. The summed E-state index contributed by atoms with van der Waals surface area (Å²) in [6.07, 6.45) is 0.351. The number of thioether (sulfide) groups is 1. The van der Waals surface area contributed by atoms with Crippen LogP contribution >= 0.6 is 11.8 Å². The average molecular weight is 449 g/mol. The lowest BCUT2D eigenvalue weighted by molar-refractivity contribution is -0.113. The fourth-order valence-electron chi connectivity index (χ4n) is 3.37. The van der Waals surface area contributed by atoms with Crippen LogP contribution in [0.3, 0.4) is 0 Å². The number of carbonyl (C=O) groups excluding carboxylic acids is 1. The van der Waals surface area contributed by atoms with E-state index in [1.54, 1.807) is 12.1 Å². The van der Waals surface area contributed by atoms with Crippen molar-refractivity contribution in [1.82, 2.24) is 14.8 Å². The Morgan fingerprint density at radius 3 is 2.53 bits per heavy atom. The maximum Gasteiger partial charge on any atom is 0.234 e. The van der Waals surface area contributed by atoms with Crippen LogP contribution in [0.25, 0.3) is 5.69 Å². The molecular weight excluding hydrogens is 424 g/mol. The monoisotopic (exact) mass is 448 g/mol. The van der Waals surface area contributed by atoms with E-state index in [4.69, 9.17) is 10.00 Å². The molecule has 1 N–H and O–H groups in total. The highest BCUT2D eigenvalue weighted by molar-refractivity contribution is 7.99. The van der Waals surface area contributed by atoms with Gasteiger partial charge in [0.1, 0.15) is 0 Å². The van der Waals surface area contributed by atoms with Crippen molar-refractivity contribution in [1.29, 1.82) is 5.26 Å². The Bertz CT molecular complexity index is 1100. The first-order chi connectivity index (χ1) is 15.6. The van der Waals surface area contributed by atoms with Gasteiger partial charge in [-0.2, -0.15) is 5.26 Å². The Kier molecular flexibility index (Phi) is 7.04. The number of amides is 1. The second-order valence-corrected chi connectivity index (χ2v) is 8.36. The molecule has 1 aliphatic rings. The Morgan fingerprint density at radius 2 is 1.84 bits per heavy atom. The molecule has 2 heterocycles. The van der Waals surface area contributed by atoms with E-state index in [1.807, 2.05) is 35.8 Å². The van der Waals surface area contributed by atoms with Gasteiger partial charge in [-0.3, -0.25) is 9.36 Å². The number of carbonyl (C=O) groups is 1. The lowest BCUT2D eigenvalue weighted by Crippen LogP contribution is -2.37. The minimum absolute atomic E-state index is 0.130. The zero-order chi connectivity index (χ0) is 22.3. The van der Waals surface area contributed by atoms with Crippen molar-refractivity contribution in [2.24, 2.45) is 0 Å². The lowest BCUT2D eigenvalue weighted by atomic mass is 10.1. The number of benzene rings is 2. The maximum absolute atomic E-state index is 12.5. The minimum Gasteiger partial charge on any atom is -0.378 e. The molecule has 2 aromatic carbocycles. The number of nitrogens with one attached hydrogen (secondary N) is 1. The average Bonchev–Trinajstić information content (AvgIpc) is 3.24. The predicted molar refractivity (Wildman–Crippen MR) is 124 cm³/mol. The van der Waals surface area contributed by atoms with Crippen molar-refractivity contribution in [3.05, 3.63) is 59.7 Å². The molecule has 0 unspecified atom stereocenters. The number of ether oxygens (including phenoxy) is 1. The fourth-order valence-corrected chi connectivity index (χ4v) is 4.12. The Morgan fingerprint density at radius 1 is 1.12 bits per heavy atom. The van der Waals surface area contributed by atoms with E-state index in [1.165, 1.54) is 17.3 Å². The molecule has 8 nitrogen and oxygen atoms in total. The van der Waals surface area contributed by atoms with E-state index in [9.17, 15) is 4.79 Å². The second-order valence-electron chi connectivity index (χ2n) is 7.42. The zero-order valence-corrected chi connectivity index (χ0v) is 18.6. The molecular formula is C23H24N6O2S. The van der Waals surface area contributed by atoms with Crippen molar-refractivity contribution in [3.8, 4) is 11.8 Å². The molecule has 1 saturated heterocycles. The molecule has 3 aromatic rings. The van der Waals surface area contributed by atoms with Crippen LogP contribution in [0, 0.1) is 18.3 Å². The first-order valence-corrected chi connectivity index (χ1v) is 11.4. The molecule has 1 amide bonds. The summed E-state index contributed by atoms with van der Waals surface area (Å²) in [6.45, 7) is 4.84. The number of aryl methyl sites for hydroxylation is 1. The number of morpholine rings is 1. The summed E-state index contributed by atoms with van der Waals surface area (Å²) < 4.78 is 7.47. The molecule has 1 aliphatic heterocycles. The summed E-state index contributed by atoms with van der Waals surface area (Å²) in [5.41, 5.74) is 3.75. The standard InChI is InChI=1S/C23H24N6O2S/c1-17-2-8-20(9-3-17)29-22(28-12-14-31-15-13-28)26-27-23(29)32-16-21(30)25-19-6-4-18(5-7-19)10-11-24/h2-9H,10,12-16H2,1H3,(H,25,30). The van der Waals surface area contributed by atoms with Gasteiger partial charge in [-0.25, -0.2) is 0 Å². The van der Waals surface area contributed by atoms with Crippen molar-refractivity contribution < 1.29 is 9.53 Å². The highest BCUT2D eigenvalue weighted by atomic mass is 32.2. The highest BCUT2D eigenvalue weighted by Gasteiger charge is 2.22. The number of nitriles is 1. The highest BCUT2D eigenvalue weighted by Crippen LogP contribution is 2.27. The molecule has 0 bridgehead atoms. The van der Waals surface area contributed by atoms with Crippen LogP contribution < -0.4 is 10.2 Å². The normalized spacial score (nSPS) is 13.6. The van der Waals surface area contributed by atoms with Gasteiger partial charge in [0.15, 0.2) is 5.16 Å². The van der Waals surface area contributed by atoms with Crippen molar-refractivity contribution in [2.75, 3.05) is 42.3 Å². The molecule has 1 aromatic heterocycles. The third kappa shape index (κ3) is 5.28. The van der Waals surface area contributed by atoms with Gasteiger partial charge >= 0.3 is 0 Å². The van der Waals surface area contributed by atoms with Crippen LogP contribution in [-0.2, 0) is 16.0 Å². The molecule has 0 atom stereocenters. The van der Waals surface area contributed by atoms with Crippen LogP contribution in [0.4, 0.5) is 11.6 Å². The SMILES string of the molecule is Cc1ccc(-n2c(SCC(=O)Nc3ccc(CC#N)cc3)nnc2N2CCOCC2)cc1. The number of aromatic nitrogens is 3. The molecule has 4 rings (SSSR count). The van der Waals surface area contributed by atoms with Gasteiger partial charge in [-0.05, 0) is 36.8 Å². The summed E-state index contributed by atoms with van der Waals surface area (Å²) in [5, 5.41) is 21.1. The first-order valence-electron chi connectivity index (χ1n) is 10.4. The van der Waals surface area contributed by atoms with Gasteiger partial charge in [0.05, 0.1) is 37.1 Å². The maximum atomic E-state index is 12.5. The van der Waals surface area contributed by atoms with Gasteiger partial charge < -0.3 is 15.0 Å². The zero-order valence-electron chi connectivity index (χ0n) is 17.8. The Labute approximate surface area is 191 Å². The number of hydrogen-bond donors (Lipinski definition) is 1. The molecule has 164 valence electrons. The van der Waals surface area contributed by atoms with Crippen LogP contribution in [-0.4, -0.2) is 52.7 Å². The second kappa shape index (κ2) is 10.3. The molecule has 1 fully saturated rings. The van der Waals surface area contributed by atoms with Crippen molar-refractivity contribution in [3.63, 3.8) is 0 Å². The summed E-state index contributed by atoms with van der Waals surface area (Å²) in [5.74, 6) is 0.829. The fraction of sp³-hybridized carbons (Fsp3) is 0.304. The number of hydrogen-bond acceptors (Lipinski definition) is 7. The van der Waals surface area contributed by atoms with Gasteiger partial charge in [0.25, 0.3) is 0 Å². The van der Waals surface area contributed by atoms with Crippen molar-refractivity contribution >= 4 is 29.3 Å². The van der Waals surface area contributed by atoms with Crippen molar-refractivity contribution in [2.45, 2.75) is 18.5 Å². The van der Waals surface area contributed by atoms with Crippen LogP contribution in [0.2, 0.25) is 0 Å². The van der Waals surface area contributed by atoms with Gasteiger partial charge in [-0.1, -0.05) is 41.6 Å². The number of rotatable bonds is 7. The lowest BCUT2D eigenvalue weighted by Gasteiger charge is -2.27. The third-order valence-corrected chi connectivity index (χ3v) is 5.98. The third-order valence-electron chi connectivity index (χ3n) is 5.06. The summed E-state index contributed by atoms with van der Waals surface area (Å²) in [6, 6.07) is 17.6. The van der Waals surface area contributed by atoms with Crippen LogP contribution in [0.15, 0.2) is 53.7 Å². The molecule has 0 aliphatic carbocycles. The first kappa shape index (κ1) is 21.9. The van der Waals surface area contributed by atoms with Crippen LogP contribution in [0.5, 0.6) is 0 Å².